The monoisotopic (exact) mass is 496 g/mol. The molecule has 3 saturated heterocycles. The lowest BCUT2D eigenvalue weighted by atomic mass is 9.89. The molecule has 3 aliphatic rings. The molecule has 1 N–H and O–H groups in total. The van der Waals surface area contributed by atoms with Gasteiger partial charge in [-0.25, -0.2) is 0 Å². The van der Waals surface area contributed by atoms with Gasteiger partial charge in [0.2, 0.25) is 0 Å². The molecule has 0 saturated carbocycles. The zero-order valence-corrected chi connectivity index (χ0v) is 19.4. The van der Waals surface area contributed by atoms with E-state index in [2.05, 4.69) is 36.1 Å². The van der Waals surface area contributed by atoms with Crippen LogP contribution in [0.3, 0.4) is 0 Å². The molecule has 3 fully saturated rings. The molecule has 0 radical (unpaired) electrons. The second kappa shape index (κ2) is 11.1. The summed E-state index contributed by atoms with van der Waals surface area (Å²) in [4.78, 5) is 9.73. The Morgan fingerprint density at radius 1 is 1.15 bits per heavy atom. The van der Waals surface area contributed by atoms with Crippen LogP contribution in [0.25, 0.3) is 0 Å². The molecule has 0 aliphatic carbocycles. The molecule has 2 atom stereocenters. The Morgan fingerprint density at radius 2 is 1.89 bits per heavy atom. The van der Waals surface area contributed by atoms with E-state index < -0.39 is 0 Å². The van der Waals surface area contributed by atoms with Crippen LogP contribution < -0.4 is 5.32 Å². The van der Waals surface area contributed by atoms with Crippen molar-refractivity contribution in [3.05, 3.63) is 0 Å². The topological polar surface area (TPSA) is 58.6 Å². The molecule has 0 bridgehead atoms. The first-order valence-electron chi connectivity index (χ1n) is 10.2. The van der Waals surface area contributed by atoms with Crippen molar-refractivity contribution in [2.24, 2.45) is 4.99 Å². The maximum absolute atomic E-state index is 6.00. The lowest BCUT2D eigenvalue weighted by Gasteiger charge is -2.42. The molecule has 3 heterocycles. The molecule has 0 amide bonds. The Kier molecular flexibility index (Phi) is 9.54. The van der Waals surface area contributed by atoms with Crippen LogP contribution in [0.5, 0.6) is 0 Å². The number of morpholine rings is 1. The van der Waals surface area contributed by atoms with Gasteiger partial charge in [0.25, 0.3) is 0 Å². The van der Waals surface area contributed by atoms with E-state index >= 15 is 0 Å². The number of guanidine groups is 1. The highest BCUT2D eigenvalue weighted by Gasteiger charge is 2.36. The predicted octanol–water partition coefficient (Wildman–Crippen LogP) is 1.56. The molecular formula is C19H37IN4O3. The highest BCUT2D eigenvalue weighted by atomic mass is 127. The van der Waals surface area contributed by atoms with Crippen molar-refractivity contribution in [1.29, 1.82) is 0 Å². The van der Waals surface area contributed by atoms with Gasteiger partial charge < -0.3 is 29.3 Å². The van der Waals surface area contributed by atoms with Gasteiger partial charge in [0.05, 0.1) is 19.3 Å². The van der Waals surface area contributed by atoms with Gasteiger partial charge in [-0.1, -0.05) is 0 Å². The largest absolute Gasteiger partial charge is 0.381 e. The first kappa shape index (κ1) is 23.1. The summed E-state index contributed by atoms with van der Waals surface area (Å²) < 4.78 is 17.4. The Morgan fingerprint density at radius 3 is 2.52 bits per heavy atom. The molecule has 0 aromatic rings. The van der Waals surface area contributed by atoms with Crippen molar-refractivity contribution in [2.45, 2.75) is 50.4 Å². The first-order valence-corrected chi connectivity index (χ1v) is 10.2. The summed E-state index contributed by atoms with van der Waals surface area (Å²) >= 11 is 0. The van der Waals surface area contributed by atoms with Crippen LogP contribution in [0.4, 0.5) is 0 Å². The number of rotatable bonds is 5. The summed E-state index contributed by atoms with van der Waals surface area (Å²) in [6.07, 6.45) is 4.71. The van der Waals surface area contributed by atoms with Crippen LogP contribution >= 0.6 is 24.0 Å². The summed E-state index contributed by atoms with van der Waals surface area (Å²) in [5.74, 6) is 1.01. The zero-order chi connectivity index (χ0) is 18.4. The highest BCUT2D eigenvalue weighted by molar-refractivity contribution is 14.0. The van der Waals surface area contributed by atoms with Gasteiger partial charge in [0.15, 0.2) is 5.96 Å². The second-order valence-corrected chi connectivity index (χ2v) is 7.81. The summed E-state index contributed by atoms with van der Waals surface area (Å²) in [7, 11) is 4.33. The van der Waals surface area contributed by atoms with Gasteiger partial charge in [0, 0.05) is 45.0 Å². The fraction of sp³-hybridized carbons (Fsp3) is 0.947. The lowest BCUT2D eigenvalue weighted by Crippen LogP contribution is -2.55. The van der Waals surface area contributed by atoms with E-state index in [1.54, 1.807) is 0 Å². The summed E-state index contributed by atoms with van der Waals surface area (Å²) in [5, 5.41) is 3.49. The van der Waals surface area contributed by atoms with Gasteiger partial charge >= 0.3 is 0 Å². The maximum atomic E-state index is 6.00. The highest BCUT2D eigenvalue weighted by Crippen LogP contribution is 2.26. The molecule has 3 aliphatic heterocycles. The van der Waals surface area contributed by atoms with Gasteiger partial charge in [-0.3, -0.25) is 4.99 Å². The van der Waals surface area contributed by atoms with E-state index in [1.807, 2.05) is 0 Å². The van der Waals surface area contributed by atoms with Crippen LogP contribution in [0.15, 0.2) is 4.99 Å². The van der Waals surface area contributed by atoms with E-state index in [1.165, 1.54) is 0 Å². The summed E-state index contributed by atoms with van der Waals surface area (Å²) in [5.41, 5.74) is 0.0964. The molecule has 0 aromatic heterocycles. The lowest BCUT2D eigenvalue weighted by molar-refractivity contribution is -0.0817. The fourth-order valence-electron chi connectivity index (χ4n) is 4.13. The smallest absolute Gasteiger partial charge is 0.194 e. The maximum Gasteiger partial charge on any atom is 0.194 e. The molecule has 8 heteroatoms. The van der Waals surface area contributed by atoms with Crippen molar-refractivity contribution in [2.75, 3.05) is 66.7 Å². The van der Waals surface area contributed by atoms with E-state index in [0.717, 1.165) is 84.2 Å². The second-order valence-electron chi connectivity index (χ2n) is 7.81. The SMILES string of the molecule is CCNC(=NCC1(N(C)C)CCOCC1)N1CCOC(C2CCCO2)C1.I. The van der Waals surface area contributed by atoms with Crippen molar-refractivity contribution in [3.63, 3.8) is 0 Å². The van der Waals surface area contributed by atoms with Crippen LogP contribution in [0.2, 0.25) is 0 Å². The Hall–Kier alpha value is -0.160. The normalized spacial score (nSPS) is 28.9. The van der Waals surface area contributed by atoms with Crippen LogP contribution in [-0.4, -0.2) is 100 Å². The Labute approximate surface area is 181 Å². The number of likely N-dealkylation sites (N-methyl/N-ethyl adjacent to an activating group) is 1. The average molecular weight is 496 g/mol. The minimum Gasteiger partial charge on any atom is -0.381 e. The third-order valence-corrected chi connectivity index (χ3v) is 6.00. The van der Waals surface area contributed by atoms with Gasteiger partial charge in [-0.15, -0.1) is 24.0 Å². The van der Waals surface area contributed by atoms with Gasteiger partial charge in [0.1, 0.15) is 6.10 Å². The van der Waals surface area contributed by atoms with Gasteiger partial charge in [-0.2, -0.15) is 0 Å². The fourth-order valence-corrected chi connectivity index (χ4v) is 4.13. The average Bonchev–Trinajstić information content (AvgIpc) is 3.21. The molecule has 158 valence electrons. The Balaban J connectivity index is 0.00000261. The van der Waals surface area contributed by atoms with Crippen molar-refractivity contribution < 1.29 is 14.2 Å². The number of aliphatic imine (C=N–C) groups is 1. The molecular weight excluding hydrogens is 459 g/mol. The molecule has 2 unspecified atom stereocenters. The molecule has 0 aromatic carbocycles. The third kappa shape index (κ3) is 5.91. The van der Waals surface area contributed by atoms with Crippen LogP contribution in [0, 0.1) is 0 Å². The quantitative estimate of drug-likeness (QED) is 0.354. The summed E-state index contributed by atoms with van der Waals surface area (Å²) in [6, 6.07) is 0. The van der Waals surface area contributed by atoms with Crippen molar-refractivity contribution in [3.8, 4) is 0 Å². The molecule has 27 heavy (non-hydrogen) atoms. The minimum absolute atomic E-state index is 0. The number of nitrogens with one attached hydrogen (secondary N) is 1. The van der Waals surface area contributed by atoms with Crippen LogP contribution in [-0.2, 0) is 14.2 Å². The van der Waals surface area contributed by atoms with Crippen molar-refractivity contribution >= 4 is 29.9 Å². The van der Waals surface area contributed by atoms with E-state index in [4.69, 9.17) is 19.2 Å². The van der Waals surface area contributed by atoms with Crippen LogP contribution in [0.1, 0.15) is 32.6 Å². The van der Waals surface area contributed by atoms with Crippen molar-refractivity contribution in [1.82, 2.24) is 15.1 Å². The molecule has 7 nitrogen and oxygen atoms in total. The minimum atomic E-state index is 0. The Bertz CT molecular complexity index is 466. The number of ether oxygens (including phenoxy) is 3. The molecule has 3 rings (SSSR count). The van der Waals surface area contributed by atoms with E-state index in [9.17, 15) is 0 Å². The van der Waals surface area contributed by atoms with E-state index in [0.29, 0.717) is 0 Å². The number of hydrogen-bond donors (Lipinski definition) is 1. The zero-order valence-electron chi connectivity index (χ0n) is 17.1. The summed E-state index contributed by atoms with van der Waals surface area (Å²) in [6.45, 7) is 8.79. The predicted molar refractivity (Wildman–Crippen MR) is 118 cm³/mol. The van der Waals surface area contributed by atoms with E-state index in [-0.39, 0.29) is 41.7 Å². The number of nitrogens with zero attached hydrogens (tertiary/aromatic N) is 3. The third-order valence-electron chi connectivity index (χ3n) is 6.00. The standard InChI is InChI=1S/C19H36N4O3.HI/c1-4-20-18(21-15-19(22(2)3)7-11-24-12-8-19)23-9-13-26-17(14-23)16-6-5-10-25-16;/h16-17H,4-15H2,1-3H3,(H,20,21);1H. The molecule has 0 spiro atoms. The first-order chi connectivity index (χ1) is 12.6. The number of halogens is 1. The van der Waals surface area contributed by atoms with Gasteiger partial charge in [-0.05, 0) is 46.7 Å². The number of hydrogen-bond acceptors (Lipinski definition) is 5.